The number of methoxy groups -OCH3 is 2. The second-order valence-corrected chi connectivity index (χ2v) is 7.61. The van der Waals surface area contributed by atoms with Crippen molar-refractivity contribution in [2.75, 3.05) is 26.2 Å². The zero-order chi connectivity index (χ0) is 20.1. The molecule has 0 radical (unpaired) electrons. The quantitative estimate of drug-likeness (QED) is 0.501. The fourth-order valence-electron chi connectivity index (χ4n) is 2.38. The number of rotatable bonds is 6. The molecule has 2 aromatic carbocycles. The lowest BCUT2D eigenvalue weighted by molar-refractivity contribution is -0.113. The summed E-state index contributed by atoms with van der Waals surface area (Å²) in [6.45, 7) is 0. The average Bonchev–Trinajstić information content (AvgIpc) is 3.22. The molecule has 1 amide bonds. The first kappa shape index (κ1) is 20.0. The van der Waals surface area contributed by atoms with Gasteiger partial charge in [0.1, 0.15) is 16.5 Å². The predicted octanol–water partition coefficient (Wildman–Crippen LogP) is 4.66. The summed E-state index contributed by atoms with van der Waals surface area (Å²) in [6, 6.07) is 13.2. The van der Waals surface area contributed by atoms with E-state index in [1.807, 2.05) is 36.4 Å². The lowest BCUT2D eigenvalue weighted by Crippen LogP contribution is -2.23. The first-order chi connectivity index (χ1) is 13.5. The summed E-state index contributed by atoms with van der Waals surface area (Å²) in [5, 5.41) is 9.60. The zero-order valence-corrected chi connectivity index (χ0v) is 18.0. The number of benzene rings is 2. The van der Waals surface area contributed by atoms with Crippen molar-refractivity contribution in [1.29, 1.82) is 0 Å². The van der Waals surface area contributed by atoms with Crippen LogP contribution in [0.1, 0.15) is 5.56 Å². The molecule has 6 nitrogen and oxygen atoms in total. The van der Waals surface area contributed by atoms with Gasteiger partial charge in [-0.3, -0.25) is 9.69 Å². The number of aromatic nitrogens is 2. The highest BCUT2D eigenvalue weighted by atomic mass is 79.9. The number of ether oxygens (including phenoxy) is 2. The highest BCUT2D eigenvalue weighted by molar-refractivity contribution is 9.10. The van der Waals surface area contributed by atoms with Crippen molar-refractivity contribution in [3.63, 3.8) is 0 Å². The Labute approximate surface area is 175 Å². The zero-order valence-electron chi connectivity index (χ0n) is 15.5. The first-order valence-electron chi connectivity index (χ1n) is 8.29. The molecule has 0 spiro atoms. The van der Waals surface area contributed by atoms with E-state index in [0.717, 1.165) is 20.6 Å². The number of amides is 1. The van der Waals surface area contributed by atoms with Crippen LogP contribution in [-0.4, -0.2) is 37.4 Å². The van der Waals surface area contributed by atoms with Gasteiger partial charge in [0.05, 0.1) is 14.2 Å². The average molecular weight is 460 g/mol. The Morgan fingerprint density at radius 1 is 1.11 bits per heavy atom. The van der Waals surface area contributed by atoms with Crippen molar-refractivity contribution in [1.82, 2.24) is 10.2 Å². The Balaban J connectivity index is 1.74. The first-order valence-corrected chi connectivity index (χ1v) is 9.90. The monoisotopic (exact) mass is 459 g/mol. The maximum atomic E-state index is 12.5. The number of halogens is 1. The summed E-state index contributed by atoms with van der Waals surface area (Å²) in [6.07, 6.45) is 3.18. The van der Waals surface area contributed by atoms with E-state index in [0.29, 0.717) is 16.6 Å². The second kappa shape index (κ2) is 8.99. The van der Waals surface area contributed by atoms with Crippen LogP contribution in [0.2, 0.25) is 0 Å². The normalized spacial score (nSPS) is 10.9. The van der Waals surface area contributed by atoms with Crippen LogP contribution in [0.15, 0.2) is 53.0 Å². The molecule has 1 aromatic heterocycles. The van der Waals surface area contributed by atoms with Gasteiger partial charge in [-0.2, -0.15) is 0 Å². The van der Waals surface area contributed by atoms with Gasteiger partial charge in [-0.15, -0.1) is 10.2 Å². The molecule has 0 aliphatic heterocycles. The van der Waals surface area contributed by atoms with Gasteiger partial charge in [-0.25, -0.2) is 0 Å². The maximum absolute atomic E-state index is 12.5. The number of nitrogens with zero attached hydrogens (tertiary/aromatic N) is 3. The van der Waals surface area contributed by atoms with Crippen LogP contribution in [0.3, 0.4) is 0 Å². The molecule has 0 fully saturated rings. The number of carbonyl (C=O) groups is 1. The van der Waals surface area contributed by atoms with Gasteiger partial charge in [0.15, 0.2) is 0 Å². The Hall–Kier alpha value is -2.71. The molecule has 0 aliphatic carbocycles. The van der Waals surface area contributed by atoms with Crippen LogP contribution in [0.25, 0.3) is 16.6 Å². The van der Waals surface area contributed by atoms with Crippen LogP contribution in [-0.2, 0) is 4.79 Å². The third-order valence-corrected chi connectivity index (χ3v) is 5.55. The Kier molecular flexibility index (Phi) is 6.43. The molecule has 0 saturated carbocycles. The Morgan fingerprint density at radius 3 is 2.54 bits per heavy atom. The number of hydrogen-bond acceptors (Lipinski definition) is 6. The van der Waals surface area contributed by atoms with Crippen molar-refractivity contribution < 1.29 is 14.3 Å². The molecule has 0 N–H and O–H groups in total. The molecule has 8 heteroatoms. The van der Waals surface area contributed by atoms with E-state index in [4.69, 9.17) is 9.47 Å². The van der Waals surface area contributed by atoms with Gasteiger partial charge in [0.25, 0.3) is 5.91 Å². The molecule has 1 heterocycles. The van der Waals surface area contributed by atoms with Crippen LogP contribution in [0, 0.1) is 0 Å². The minimum atomic E-state index is -0.212. The van der Waals surface area contributed by atoms with E-state index >= 15 is 0 Å². The van der Waals surface area contributed by atoms with Crippen LogP contribution >= 0.6 is 27.3 Å². The van der Waals surface area contributed by atoms with Gasteiger partial charge in [-0.1, -0.05) is 39.4 Å². The number of anilines is 1. The van der Waals surface area contributed by atoms with Crippen molar-refractivity contribution in [2.45, 2.75) is 0 Å². The lowest BCUT2D eigenvalue weighted by Gasteiger charge is -2.10. The van der Waals surface area contributed by atoms with E-state index in [9.17, 15) is 4.79 Å². The van der Waals surface area contributed by atoms with E-state index in [1.54, 1.807) is 33.4 Å². The Bertz CT molecular complexity index is 1000. The molecule has 28 heavy (non-hydrogen) atoms. The van der Waals surface area contributed by atoms with Crippen LogP contribution in [0.5, 0.6) is 11.5 Å². The van der Waals surface area contributed by atoms with Gasteiger partial charge >= 0.3 is 0 Å². The van der Waals surface area contributed by atoms with Crippen molar-refractivity contribution in [3.05, 3.63) is 58.6 Å². The fourth-order valence-corrected chi connectivity index (χ4v) is 3.46. The lowest BCUT2D eigenvalue weighted by atomic mass is 10.1. The summed E-state index contributed by atoms with van der Waals surface area (Å²) in [4.78, 5) is 14.0. The van der Waals surface area contributed by atoms with Gasteiger partial charge in [0, 0.05) is 34.8 Å². The fraction of sp³-hybridized carbons (Fsp3) is 0.150. The van der Waals surface area contributed by atoms with Crippen LogP contribution in [0.4, 0.5) is 5.13 Å². The van der Waals surface area contributed by atoms with Crippen molar-refractivity contribution in [3.8, 4) is 22.1 Å². The molecule has 144 valence electrons. The maximum Gasteiger partial charge on any atom is 0.252 e. The standard InChI is InChI=1S/C20H18BrN3O3S/c1-24(20-23-22-19(28-20)14-4-8-15(21)9-5-14)18(25)11-7-13-6-10-16(26-2)12-17(13)27-3/h4-12H,1-3H3/b11-7+. The van der Waals surface area contributed by atoms with Gasteiger partial charge < -0.3 is 9.47 Å². The largest absolute Gasteiger partial charge is 0.497 e. The summed E-state index contributed by atoms with van der Waals surface area (Å²) >= 11 is 4.77. The van der Waals surface area contributed by atoms with Crippen molar-refractivity contribution >= 4 is 44.4 Å². The SMILES string of the molecule is COc1ccc(/C=C/C(=O)N(C)c2nnc(-c3ccc(Br)cc3)s2)c(OC)c1. The third kappa shape index (κ3) is 4.58. The van der Waals surface area contributed by atoms with E-state index < -0.39 is 0 Å². The highest BCUT2D eigenvalue weighted by Gasteiger charge is 2.15. The minimum Gasteiger partial charge on any atom is -0.497 e. The minimum absolute atomic E-state index is 0.212. The molecule has 0 aliphatic rings. The smallest absolute Gasteiger partial charge is 0.252 e. The summed E-state index contributed by atoms with van der Waals surface area (Å²) in [5.41, 5.74) is 1.73. The molecule has 3 aromatic rings. The van der Waals surface area contributed by atoms with E-state index in [2.05, 4.69) is 26.1 Å². The molecule has 0 unspecified atom stereocenters. The molecule has 0 atom stereocenters. The highest BCUT2D eigenvalue weighted by Crippen LogP contribution is 2.29. The molecule has 0 bridgehead atoms. The predicted molar refractivity (Wildman–Crippen MR) is 115 cm³/mol. The molecule has 0 saturated heterocycles. The van der Waals surface area contributed by atoms with Crippen LogP contribution < -0.4 is 14.4 Å². The molecule has 3 rings (SSSR count). The van der Waals surface area contributed by atoms with Gasteiger partial charge in [-0.05, 0) is 30.3 Å². The topological polar surface area (TPSA) is 64.5 Å². The van der Waals surface area contributed by atoms with Crippen molar-refractivity contribution in [2.24, 2.45) is 0 Å². The Morgan fingerprint density at radius 2 is 1.86 bits per heavy atom. The molecular formula is C20H18BrN3O3S. The number of hydrogen-bond donors (Lipinski definition) is 0. The molecular weight excluding hydrogens is 442 g/mol. The van der Waals surface area contributed by atoms with E-state index in [1.165, 1.54) is 22.3 Å². The number of likely N-dealkylation sites (N-methyl/N-ethyl adjacent to an activating group) is 1. The van der Waals surface area contributed by atoms with E-state index in [-0.39, 0.29) is 5.91 Å². The van der Waals surface area contributed by atoms with Gasteiger partial charge in [0.2, 0.25) is 5.13 Å². The number of carbonyl (C=O) groups excluding carboxylic acids is 1. The summed E-state index contributed by atoms with van der Waals surface area (Å²) in [5.74, 6) is 1.10. The summed E-state index contributed by atoms with van der Waals surface area (Å²) in [7, 11) is 4.84. The third-order valence-electron chi connectivity index (χ3n) is 3.97. The second-order valence-electron chi connectivity index (χ2n) is 5.74. The summed E-state index contributed by atoms with van der Waals surface area (Å²) < 4.78 is 11.5.